The third-order valence-electron chi connectivity index (χ3n) is 15.1. The Balaban J connectivity index is 3.61. The number of allylic oxidation sites excluding steroid dienone is 24. The molecule has 2 atom stereocenters. The monoisotopic (exact) mass is 1120 g/mol. The van der Waals surface area contributed by atoms with Gasteiger partial charge >= 0.3 is 0 Å². The molecule has 0 aromatic rings. The van der Waals surface area contributed by atoms with Crippen LogP contribution < -0.4 is 5.32 Å². The van der Waals surface area contributed by atoms with Crippen molar-refractivity contribution in [3.05, 3.63) is 146 Å². The fourth-order valence-electron chi connectivity index (χ4n) is 9.93. The van der Waals surface area contributed by atoms with E-state index in [1.54, 1.807) is 0 Å². The van der Waals surface area contributed by atoms with Gasteiger partial charge in [-0.3, -0.25) is 4.79 Å². The first-order valence-corrected chi connectivity index (χ1v) is 34.5. The first kappa shape index (κ1) is 77.3. The van der Waals surface area contributed by atoms with Gasteiger partial charge in [0.05, 0.1) is 18.8 Å². The summed E-state index contributed by atoms with van der Waals surface area (Å²) < 4.78 is 0. The average Bonchev–Trinajstić information content (AvgIpc) is 3.47. The smallest absolute Gasteiger partial charge is 0.220 e. The molecule has 0 aromatic heterocycles. The van der Waals surface area contributed by atoms with E-state index in [-0.39, 0.29) is 12.5 Å². The molecule has 0 aliphatic rings. The molecule has 81 heavy (non-hydrogen) atoms. The number of aliphatic hydroxyl groups is 2. The number of carbonyl (C=O) groups is 1. The van der Waals surface area contributed by atoms with Crippen molar-refractivity contribution in [2.75, 3.05) is 6.61 Å². The molecule has 0 aliphatic heterocycles. The Kier molecular flexibility index (Phi) is 67.3. The second kappa shape index (κ2) is 70.5. The SMILES string of the molecule is CC/C=C\C/C=C\C/C=C\C/C=C\C/C=C\C/C=C\C/C=C\C/C=C\C/C=C\C/C=C\C/C=C\C/C=C\CCCCCCC(=O)NC(CO)C(O)CCCCCCCCCCCCCCCCCCCCCCCCCCCCCC. The summed E-state index contributed by atoms with van der Waals surface area (Å²) in [7, 11) is 0. The molecule has 0 spiro atoms. The van der Waals surface area contributed by atoms with Gasteiger partial charge in [-0.2, -0.15) is 0 Å². The highest BCUT2D eigenvalue weighted by Crippen LogP contribution is 2.18. The molecule has 0 saturated heterocycles. The Morgan fingerprint density at radius 2 is 0.543 bits per heavy atom. The van der Waals surface area contributed by atoms with Gasteiger partial charge in [0.1, 0.15) is 0 Å². The topological polar surface area (TPSA) is 69.6 Å². The molecule has 0 fully saturated rings. The van der Waals surface area contributed by atoms with Crippen LogP contribution in [0.5, 0.6) is 0 Å². The number of nitrogens with one attached hydrogen (secondary N) is 1. The van der Waals surface area contributed by atoms with Crippen LogP contribution in [0.4, 0.5) is 0 Å². The fourth-order valence-corrected chi connectivity index (χ4v) is 9.93. The maximum Gasteiger partial charge on any atom is 0.220 e. The molecule has 0 radical (unpaired) electrons. The predicted molar refractivity (Wildman–Crippen MR) is 363 cm³/mol. The Bertz CT molecular complexity index is 1650. The van der Waals surface area contributed by atoms with Crippen molar-refractivity contribution >= 4 is 5.91 Å². The lowest BCUT2D eigenvalue weighted by Gasteiger charge is -2.22. The molecular weight excluding hydrogens is 987 g/mol. The normalized spacial score (nSPS) is 13.7. The average molecular weight is 1120 g/mol. The lowest BCUT2D eigenvalue weighted by molar-refractivity contribution is -0.123. The number of aliphatic hydroxyl groups excluding tert-OH is 2. The second-order valence-corrected chi connectivity index (χ2v) is 22.9. The van der Waals surface area contributed by atoms with Crippen molar-refractivity contribution in [2.24, 2.45) is 0 Å². The molecule has 0 aliphatic carbocycles. The van der Waals surface area contributed by atoms with Gasteiger partial charge in [-0.1, -0.05) is 352 Å². The maximum atomic E-state index is 12.5. The molecule has 4 nitrogen and oxygen atoms in total. The van der Waals surface area contributed by atoms with Crippen LogP contribution in [0.15, 0.2) is 146 Å². The Hall–Kier alpha value is -3.73. The van der Waals surface area contributed by atoms with Crippen LogP contribution in [0.2, 0.25) is 0 Å². The van der Waals surface area contributed by atoms with Crippen molar-refractivity contribution in [3.63, 3.8) is 0 Å². The van der Waals surface area contributed by atoms with Crippen molar-refractivity contribution in [2.45, 2.75) is 328 Å². The summed E-state index contributed by atoms with van der Waals surface area (Å²) in [5, 5.41) is 23.4. The van der Waals surface area contributed by atoms with Crippen molar-refractivity contribution in [1.82, 2.24) is 5.32 Å². The Labute approximate surface area is 503 Å². The number of carbonyl (C=O) groups excluding carboxylic acids is 1. The summed E-state index contributed by atoms with van der Waals surface area (Å²) >= 11 is 0. The molecular formula is C77H131NO3. The Morgan fingerprint density at radius 3 is 0.815 bits per heavy atom. The predicted octanol–water partition coefficient (Wildman–Crippen LogP) is 23.9. The van der Waals surface area contributed by atoms with E-state index in [1.807, 2.05) is 0 Å². The second-order valence-electron chi connectivity index (χ2n) is 22.9. The van der Waals surface area contributed by atoms with Crippen LogP contribution in [-0.4, -0.2) is 34.9 Å². The summed E-state index contributed by atoms with van der Waals surface area (Å²) in [4.78, 5) is 12.5. The zero-order valence-corrected chi connectivity index (χ0v) is 53.3. The van der Waals surface area contributed by atoms with Crippen LogP contribution in [0, 0.1) is 0 Å². The molecule has 0 rings (SSSR count). The molecule has 0 saturated carbocycles. The van der Waals surface area contributed by atoms with Gasteiger partial charge in [-0.25, -0.2) is 0 Å². The van der Waals surface area contributed by atoms with Crippen molar-refractivity contribution in [1.29, 1.82) is 0 Å². The zero-order valence-electron chi connectivity index (χ0n) is 53.3. The zero-order chi connectivity index (χ0) is 58.4. The van der Waals surface area contributed by atoms with Gasteiger partial charge in [0.25, 0.3) is 0 Å². The molecule has 0 heterocycles. The quantitative estimate of drug-likeness (QED) is 0.0420. The molecule has 0 aromatic carbocycles. The first-order valence-electron chi connectivity index (χ1n) is 34.5. The minimum atomic E-state index is -0.683. The van der Waals surface area contributed by atoms with Crippen LogP contribution in [0.1, 0.15) is 316 Å². The van der Waals surface area contributed by atoms with Crippen LogP contribution >= 0.6 is 0 Å². The van der Waals surface area contributed by atoms with E-state index in [4.69, 9.17) is 0 Å². The van der Waals surface area contributed by atoms with Crippen molar-refractivity contribution < 1.29 is 15.0 Å². The summed E-state index contributed by atoms with van der Waals surface area (Å²) in [6.45, 7) is 4.25. The fraction of sp³-hybridized carbons (Fsp3) is 0.675. The van der Waals surface area contributed by atoms with Crippen LogP contribution in [-0.2, 0) is 4.79 Å². The van der Waals surface area contributed by atoms with Gasteiger partial charge in [0.15, 0.2) is 0 Å². The number of hydrogen-bond acceptors (Lipinski definition) is 3. The molecule has 2 unspecified atom stereocenters. The van der Waals surface area contributed by atoms with E-state index in [1.165, 1.54) is 167 Å². The third kappa shape index (κ3) is 67.0. The number of rotatable bonds is 62. The molecule has 4 heteroatoms. The van der Waals surface area contributed by atoms with E-state index >= 15 is 0 Å². The number of unbranched alkanes of at least 4 members (excludes halogenated alkanes) is 31. The van der Waals surface area contributed by atoms with E-state index in [2.05, 4.69) is 165 Å². The highest BCUT2D eigenvalue weighted by Gasteiger charge is 2.20. The summed E-state index contributed by atoms with van der Waals surface area (Å²) in [5.41, 5.74) is 0. The third-order valence-corrected chi connectivity index (χ3v) is 15.1. The van der Waals surface area contributed by atoms with Gasteiger partial charge in [-0.05, 0) is 103 Å². The summed E-state index contributed by atoms with van der Waals surface area (Å²) in [6, 6.07) is -0.563. The molecule has 0 bridgehead atoms. The van der Waals surface area contributed by atoms with Crippen molar-refractivity contribution in [3.8, 4) is 0 Å². The lowest BCUT2D eigenvalue weighted by atomic mass is 10.0. The Morgan fingerprint density at radius 1 is 0.309 bits per heavy atom. The highest BCUT2D eigenvalue weighted by atomic mass is 16.3. The minimum Gasteiger partial charge on any atom is -0.394 e. The molecule has 462 valence electrons. The van der Waals surface area contributed by atoms with E-state index < -0.39 is 12.1 Å². The van der Waals surface area contributed by atoms with E-state index in [9.17, 15) is 15.0 Å². The lowest BCUT2D eigenvalue weighted by Crippen LogP contribution is -2.45. The number of amides is 1. The standard InChI is InChI=1S/C77H131NO3/c1-3-5-7-9-11-13-15-17-19-21-23-25-27-29-31-33-34-35-36-37-38-39-40-41-42-43-44-45-47-49-51-53-55-57-59-61-63-65-67-69-71-73-77(81)78-75(74-79)76(80)72-70-68-66-64-62-60-58-56-54-52-50-48-46-32-30-28-26-24-22-20-18-16-14-12-10-8-6-4-2/h5,7,11,13,17,19,23,25,29,31,34-35,37-38,40-41,43-44,47,49,53,55,59,61,75-76,79-80H,3-4,6,8-10,12,14-16,18,20-22,24,26-28,30,32-33,36,39,42,45-46,48,50-52,54,56-58,60,62-74H2,1-2H3,(H,78,81)/b7-5-,13-11-,19-17-,25-23-,31-29-,35-34-,38-37-,41-40-,44-43-,49-47-,55-53-,61-59-. The van der Waals surface area contributed by atoms with E-state index in [0.29, 0.717) is 12.8 Å². The van der Waals surface area contributed by atoms with Gasteiger partial charge in [-0.15, -0.1) is 0 Å². The maximum absolute atomic E-state index is 12.5. The van der Waals surface area contributed by atoms with E-state index in [0.717, 1.165) is 122 Å². The van der Waals surface area contributed by atoms with Crippen LogP contribution in [0.3, 0.4) is 0 Å². The molecule has 3 N–H and O–H groups in total. The largest absolute Gasteiger partial charge is 0.394 e. The number of hydrogen-bond donors (Lipinski definition) is 3. The highest BCUT2D eigenvalue weighted by molar-refractivity contribution is 5.76. The van der Waals surface area contributed by atoms with Gasteiger partial charge in [0, 0.05) is 6.42 Å². The van der Waals surface area contributed by atoms with Gasteiger partial charge < -0.3 is 15.5 Å². The van der Waals surface area contributed by atoms with Crippen LogP contribution in [0.25, 0.3) is 0 Å². The minimum absolute atomic E-state index is 0.0577. The first-order chi connectivity index (χ1) is 40.2. The van der Waals surface area contributed by atoms with Gasteiger partial charge in [0.2, 0.25) is 5.91 Å². The summed E-state index contributed by atoms with van der Waals surface area (Å²) in [5.74, 6) is -0.0577. The summed E-state index contributed by atoms with van der Waals surface area (Å²) in [6.07, 6.45) is 110. The molecule has 1 amide bonds.